The third-order valence-corrected chi connectivity index (χ3v) is 4.76. The molecule has 148 valence electrons. The van der Waals surface area contributed by atoms with Crippen LogP contribution in [0.5, 0.6) is 5.75 Å². The van der Waals surface area contributed by atoms with Gasteiger partial charge in [-0.3, -0.25) is 9.59 Å². The average Bonchev–Trinajstić information content (AvgIpc) is 2.97. The number of carbonyl (C=O) groups is 2. The van der Waals surface area contributed by atoms with E-state index in [1.54, 1.807) is 54.6 Å². The van der Waals surface area contributed by atoms with E-state index in [-0.39, 0.29) is 17.9 Å². The first kappa shape index (κ1) is 20.4. The van der Waals surface area contributed by atoms with Gasteiger partial charge >= 0.3 is 0 Å². The predicted octanol–water partition coefficient (Wildman–Crippen LogP) is 4.51. The Morgan fingerprint density at radius 3 is 2.48 bits per heavy atom. The minimum absolute atomic E-state index is 0.0128. The number of aliphatic hydroxyl groups is 1. The lowest BCUT2D eigenvalue weighted by Crippen LogP contribution is -2.29. The SMILES string of the molecule is C=CCOc1ccc(/C(O)=C2/C(=O)C(=O)N(CC=C)C2c2cccc(Cl)c2)cc1. The van der Waals surface area contributed by atoms with Crippen LogP contribution in [0.15, 0.2) is 79.4 Å². The van der Waals surface area contributed by atoms with Crippen LogP contribution in [-0.2, 0) is 9.59 Å². The van der Waals surface area contributed by atoms with Crippen LogP contribution in [0.25, 0.3) is 5.76 Å². The van der Waals surface area contributed by atoms with Crippen molar-refractivity contribution in [1.29, 1.82) is 0 Å². The molecule has 1 fully saturated rings. The first-order valence-corrected chi connectivity index (χ1v) is 9.34. The van der Waals surface area contributed by atoms with Crippen molar-refractivity contribution in [2.24, 2.45) is 0 Å². The maximum Gasteiger partial charge on any atom is 0.295 e. The number of nitrogens with zero attached hydrogens (tertiary/aromatic N) is 1. The molecule has 1 amide bonds. The second-order valence-corrected chi connectivity index (χ2v) is 6.86. The maximum absolute atomic E-state index is 12.8. The monoisotopic (exact) mass is 409 g/mol. The summed E-state index contributed by atoms with van der Waals surface area (Å²) >= 11 is 6.12. The number of ketones is 1. The summed E-state index contributed by atoms with van der Waals surface area (Å²) < 4.78 is 5.44. The number of hydrogen-bond acceptors (Lipinski definition) is 4. The molecule has 0 radical (unpaired) electrons. The second-order valence-electron chi connectivity index (χ2n) is 6.42. The van der Waals surface area contributed by atoms with Gasteiger partial charge in [-0.1, -0.05) is 42.5 Å². The summed E-state index contributed by atoms with van der Waals surface area (Å²) in [4.78, 5) is 26.7. The van der Waals surface area contributed by atoms with Gasteiger partial charge in [-0.2, -0.15) is 0 Å². The Morgan fingerprint density at radius 2 is 1.86 bits per heavy atom. The molecule has 2 aromatic carbocycles. The molecule has 0 aromatic heterocycles. The van der Waals surface area contributed by atoms with Gasteiger partial charge in [-0.25, -0.2) is 0 Å². The molecule has 0 spiro atoms. The number of likely N-dealkylation sites (tertiary alicyclic amines) is 1. The molecule has 29 heavy (non-hydrogen) atoms. The summed E-state index contributed by atoms with van der Waals surface area (Å²) in [5, 5.41) is 11.4. The molecule has 1 unspecified atom stereocenters. The molecule has 1 N–H and O–H groups in total. The number of aliphatic hydroxyl groups excluding tert-OH is 1. The third kappa shape index (κ3) is 4.10. The van der Waals surface area contributed by atoms with E-state index in [1.165, 1.54) is 11.0 Å². The first-order chi connectivity index (χ1) is 14.0. The second kappa shape index (κ2) is 8.80. The molecule has 0 bridgehead atoms. The molecule has 5 nitrogen and oxygen atoms in total. The van der Waals surface area contributed by atoms with Crippen molar-refractivity contribution in [2.45, 2.75) is 6.04 Å². The molecule has 0 aliphatic carbocycles. The van der Waals surface area contributed by atoms with Gasteiger partial charge in [0.2, 0.25) is 0 Å². The highest BCUT2D eigenvalue weighted by Crippen LogP contribution is 2.40. The Morgan fingerprint density at radius 1 is 1.14 bits per heavy atom. The van der Waals surface area contributed by atoms with Crippen LogP contribution in [0.1, 0.15) is 17.2 Å². The molecular weight excluding hydrogens is 390 g/mol. The molecule has 1 saturated heterocycles. The highest BCUT2D eigenvalue weighted by molar-refractivity contribution is 6.46. The lowest BCUT2D eigenvalue weighted by atomic mass is 9.95. The maximum atomic E-state index is 12.8. The van der Waals surface area contributed by atoms with Crippen molar-refractivity contribution in [3.8, 4) is 5.75 Å². The van der Waals surface area contributed by atoms with Crippen LogP contribution in [0.3, 0.4) is 0 Å². The van der Waals surface area contributed by atoms with E-state index in [2.05, 4.69) is 13.2 Å². The van der Waals surface area contributed by atoms with Gasteiger partial charge in [0.15, 0.2) is 0 Å². The van der Waals surface area contributed by atoms with Crippen molar-refractivity contribution in [3.63, 3.8) is 0 Å². The van der Waals surface area contributed by atoms with Gasteiger partial charge in [0.05, 0.1) is 11.6 Å². The van der Waals surface area contributed by atoms with Crippen molar-refractivity contribution in [3.05, 3.63) is 95.6 Å². The normalized spacial score (nSPS) is 18.0. The molecule has 1 aliphatic rings. The van der Waals surface area contributed by atoms with Gasteiger partial charge < -0.3 is 14.7 Å². The summed E-state index contributed by atoms with van der Waals surface area (Å²) in [7, 11) is 0. The minimum Gasteiger partial charge on any atom is -0.507 e. The zero-order valence-corrected chi connectivity index (χ0v) is 16.4. The molecule has 6 heteroatoms. The lowest BCUT2D eigenvalue weighted by molar-refractivity contribution is -0.139. The quantitative estimate of drug-likeness (QED) is 0.316. The largest absolute Gasteiger partial charge is 0.507 e. The molecule has 0 saturated carbocycles. The van der Waals surface area contributed by atoms with E-state index >= 15 is 0 Å². The Bertz CT molecular complexity index is 994. The zero-order valence-electron chi connectivity index (χ0n) is 15.7. The third-order valence-electron chi connectivity index (χ3n) is 4.53. The van der Waals surface area contributed by atoms with Gasteiger partial charge in [0.1, 0.15) is 18.1 Å². The summed E-state index contributed by atoms with van der Waals surface area (Å²) in [6.07, 6.45) is 3.16. The van der Waals surface area contributed by atoms with Crippen molar-refractivity contribution < 1.29 is 19.4 Å². The van der Waals surface area contributed by atoms with E-state index in [4.69, 9.17) is 16.3 Å². The standard InChI is InChI=1S/C23H20ClNO4/c1-3-12-25-20(16-6-5-7-17(24)14-16)19(22(27)23(25)28)21(26)15-8-10-18(11-9-15)29-13-4-2/h3-11,14,20,26H,1-2,12-13H2/b21-19-. The zero-order chi connectivity index (χ0) is 21.0. The Kier molecular flexibility index (Phi) is 6.20. The first-order valence-electron chi connectivity index (χ1n) is 8.96. The highest BCUT2D eigenvalue weighted by Gasteiger charge is 2.45. The predicted molar refractivity (Wildman–Crippen MR) is 113 cm³/mol. The number of carbonyl (C=O) groups excluding carboxylic acids is 2. The fourth-order valence-electron chi connectivity index (χ4n) is 3.25. The van der Waals surface area contributed by atoms with Crippen LogP contribution in [0, 0.1) is 0 Å². The van der Waals surface area contributed by atoms with Gasteiger partial charge in [-0.15, -0.1) is 6.58 Å². The lowest BCUT2D eigenvalue weighted by Gasteiger charge is -2.24. The molecule has 1 heterocycles. The summed E-state index contributed by atoms with van der Waals surface area (Å²) in [6.45, 7) is 7.77. The number of amides is 1. The number of ether oxygens (including phenoxy) is 1. The number of halogens is 1. The fourth-order valence-corrected chi connectivity index (χ4v) is 3.45. The molecule has 3 rings (SSSR count). The number of benzene rings is 2. The van der Waals surface area contributed by atoms with Crippen LogP contribution in [0.4, 0.5) is 0 Å². The summed E-state index contributed by atoms with van der Waals surface area (Å²) in [5.74, 6) is -1.10. The van der Waals surface area contributed by atoms with Crippen LogP contribution in [-0.4, -0.2) is 34.8 Å². The van der Waals surface area contributed by atoms with Crippen molar-refractivity contribution >= 4 is 29.1 Å². The smallest absolute Gasteiger partial charge is 0.295 e. The van der Waals surface area contributed by atoms with E-state index in [9.17, 15) is 14.7 Å². The topological polar surface area (TPSA) is 66.8 Å². The van der Waals surface area contributed by atoms with Crippen molar-refractivity contribution in [1.82, 2.24) is 4.90 Å². The Labute approximate surface area is 174 Å². The molecule has 1 atom stereocenters. The summed E-state index contributed by atoms with van der Waals surface area (Å²) in [6, 6.07) is 12.7. The van der Waals surface area contributed by atoms with Crippen LogP contribution in [0.2, 0.25) is 5.02 Å². The van der Waals surface area contributed by atoms with E-state index < -0.39 is 17.7 Å². The van der Waals surface area contributed by atoms with Gasteiger partial charge in [0.25, 0.3) is 11.7 Å². The molecule has 2 aromatic rings. The van der Waals surface area contributed by atoms with E-state index in [0.717, 1.165) is 0 Å². The number of Topliss-reactive ketones (excluding diaryl/α,β-unsaturated/α-hetero) is 1. The Balaban J connectivity index is 2.09. The highest BCUT2D eigenvalue weighted by atomic mass is 35.5. The minimum atomic E-state index is -0.761. The Hall–Kier alpha value is -3.31. The van der Waals surface area contributed by atoms with Gasteiger partial charge in [0, 0.05) is 17.1 Å². The van der Waals surface area contributed by atoms with Gasteiger partial charge in [-0.05, 0) is 42.0 Å². The van der Waals surface area contributed by atoms with E-state index in [1.807, 2.05) is 0 Å². The number of hydrogen-bond donors (Lipinski definition) is 1. The average molecular weight is 410 g/mol. The van der Waals surface area contributed by atoms with Crippen molar-refractivity contribution in [2.75, 3.05) is 13.2 Å². The van der Waals surface area contributed by atoms with E-state index in [0.29, 0.717) is 28.5 Å². The summed E-state index contributed by atoms with van der Waals surface area (Å²) in [5.41, 5.74) is 1.05. The fraction of sp³-hybridized carbons (Fsp3) is 0.130. The molecule has 1 aliphatic heterocycles. The number of rotatable bonds is 7. The molecular formula is C23H20ClNO4. The van der Waals surface area contributed by atoms with Crippen LogP contribution >= 0.6 is 11.6 Å². The van der Waals surface area contributed by atoms with Crippen LogP contribution < -0.4 is 4.74 Å².